The van der Waals surface area contributed by atoms with E-state index in [9.17, 15) is 0 Å². The molecule has 1 aromatic heterocycles. The average Bonchev–Trinajstić information content (AvgIpc) is 2.90. The van der Waals surface area contributed by atoms with E-state index in [1.165, 1.54) is 0 Å². The van der Waals surface area contributed by atoms with Crippen molar-refractivity contribution in [2.45, 2.75) is 26.3 Å². The first-order valence-electron chi connectivity index (χ1n) is 6.07. The van der Waals surface area contributed by atoms with Crippen LogP contribution in [0.2, 0.25) is 0 Å². The van der Waals surface area contributed by atoms with Crippen LogP contribution in [0, 0.1) is 18.8 Å². The molecule has 0 amide bonds. The average molecular weight is 222 g/mol. The number of nitrogens with zero attached hydrogens (tertiary/aromatic N) is 3. The minimum absolute atomic E-state index is 0.555. The van der Waals surface area contributed by atoms with Crippen LogP contribution in [0.15, 0.2) is 4.52 Å². The fourth-order valence-corrected chi connectivity index (χ4v) is 3.17. The van der Waals surface area contributed by atoms with Crippen molar-refractivity contribution < 1.29 is 4.52 Å². The van der Waals surface area contributed by atoms with Crippen molar-refractivity contribution >= 4 is 6.01 Å². The lowest BCUT2D eigenvalue weighted by Crippen LogP contribution is -2.35. The first kappa shape index (κ1) is 10.1. The summed E-state index contributed by atoms with van der Waals surface area (Å²) in [6, 6.07) is 1.26. The Kier molecular flexibility index (Phi) is 2.35. The van der Waals surface area contributed by atoms with Crippen LogP contribution in [0.3, 0.4) is 0 Å². The van der Waals surface area contributed by atoms with Crippen LogP contribution in [0.5, 0.6) is 0 Å². The maximum absolute atomic E-state index is 5.29. The summed E-state index contributed by atoms with van der Waals surface area (Å²) in [6.07, 6.45) is 1.14. The van der Waals surface area contributed by atoms with Crippen LogP contribution >= 0.6 is 0 Å². The second-order valence-electron chi connectivity index (χ2n) is 4.83. The third-order valence-electron chi connectivity index (χ3n) is 3.90. The number of fused-ring (bicyclic) bond motifs is 1. The molecule has 1 aromatic rings. The van der Waals surface area contributed by atoms with Crippen molar-refractivity contribution in [3.63, 3.8) is 0 Å². The molecule has 2 fully saturated rings. The fourth-order valence-electron chi connectivity index (χ4n) is 3.17. The molecule has 5 nitrogen and oxygen atoms in total. The highest BCUT2D eigenvalue weighted by Gasteiger charge is 2.44. The topological polar surface area (TPSA) is 54.2 Å². The molecule has 3 atom stereocenters. The van der Waals surface area contributed by atoms with Gasteiger partial charge in [-0.1, -0.05) is 12.1 Å². The van der Waals surface area contributed by atoms with E-state index >= 15 is 0 Å². The van der Waals surface area contributed by atoms with Gasteiger partial charge < -0.3 is 14.7 Å². The molecule has 0 radical (unpaired) electrons. The van der Waals surface area contributed by atoms with E-state index in [0.29, 0.717) is 12.1 Å². The molecule has 2 aliphatic rings. The minimum Gasteiger partial charge on any atom is -0.321 e. The van der Waals surface area contributed by atoms with Crippen molar-refractivity contribution in [3.8, 4) is 0 Å². The smallest absolute Gasteiger partial charge is 0.321 e. The normalized spacial score (nSPS) is 33.4. The second-order valence-corrected chi connectivity index (χ2v) is 4.83. The van der Waals surface area contributed by atoms with Crippen LogP contribution in [0.4, 0.5) is 6.01 Å². The maximum Gasteiger partial charge on any atom is 0.324 e. The van der Waals surface area contributed by atoms with Gasteiger partial charge >= 0.3 is 6.01 Å². The highest BCUT2D eigenvalue weighted by molar-refractivity contribution is 5.32. The van der Waals surface area contributed by atoms with Crippen LogP contribution in [-0.2, 0) is 0 Å². The largest absolute Gasteiger partial charge is 0.324 e. The van der Waals surface area contributed by atoms with Crippen LogP contribution in [0.25, 0.3) is 0 Å². The summed E-state index contributed by atoms with van der Waals surface area (Å²) in [5.41, 5.74) is 0. The molecule has 0 aliphatic carbocycles. The van der Waals surface area contributed by atoms with Gasteiger partial charge in [0.2, 0.25) is 0 Å². The number of aromatic nitrogens is 2. The summed E-state index contributed by atoms with van der Waals surface area (Å²) in [4.78, 5) is 6.65. The third-order valence-corrected chi connectivity index (χ3v) is 3.90. The molecule has 1 N–H and O–H groups in total. The maximum atomic E-state index is 5.29. The van der Waals surface area contributed by atoms with Gasteiger partial charge in [0.05, 0.1) is 0 Å². The van der Waals surface area contributed by atoms with E-state index in [0.717, 1.165) is 43.7 Å². The van der Waals surface area contributed by atoms with E-state index < -0.39 is 0 Å². The molecule has 2 aliphatic heterocycles. The Morgan fingerprint density at radius 3 is 3.06 bits per heavy atom. The number of rotatable bonds is 2. The lowest BCUT2D eigenvalue weighted by molar-refractivity contribution is 0.390. The molecule has 3 heterocycles. The molecule has 0 bridgehead atoms. The van der Waals surface area contributed by atoms with E-state index in [1.54, 1.807) is 0 Å². The van der Waals surface area contributed by atoms with Crippen LogP contribution in [-0.4, -0.2) is 35.8 Å². The molecule has 16 heavy (non-hydrogen) atoms. The number of hydrogen-bond acceptors (Lipinski definition) is 5. The second kappa shape index (κ2) is 3.73. The molecular weight excluding hydrogens is 204 g/mol. The lowest BCUT2D eigenvalue weighted by atomic mass is 9.93. The third kappa shape index (κ3) is 1.42. The Labute approximate surface area is 95.2 Å². The number of hydrogen-bond donors (Lipinski definition) is 1. The monoisotopic (exact) mass is 222 g/mol. The number of aryl methyl sites for hydroxylation is 1. The van der Waals surface area contributed by atoms with E-state index in [-0.39, 0.29) is 0 Å². The van der Waals surface area contributed by atoms with Gasteiger partial charge in [0, 0.05) is 25.7 Å². The van der Waals surface area contributed by atoms with E-state index in [1.807, 2.05) is 6.92 Å². The Morgan fingerprint density at radius 1 is 1.50 bits per heavy atom. The van der Waals surface area contributed by atoms with Crippen molar-refractivity contribution in [2.24, 2.45) is 11.8 Å². The van der Waals surface area contributed by atoms with Crippen molar-refractivity contribution in [1.29, 1.82) is 0 Å². The highest BCUT2D eigenvalue weighted by Crippen LogP contribution is 2.36. The summed E-state index contributed by atoms with van der Waals surface area (Å²) in [5, 5.41) is 7.35. The van der Waals surface area contributed by atoms with Crippen molar-refractivity contribution in [3.05, 3.63) is 5.82 Å². The van der Waals surface area contributed by atoms with Gasteiger partial charge in [0.1, 0.15) is 0 Å². The molecule has 3 rings (SSSR count). The van der Waals surface area contributed by atoms with Gasteiger partial charge in [-0.2, -0.15) is 4.98 Å². The lowest BCUT2D eigenvalue weighted by Gasteiger charge is -2.24. The Hall–Kier alpha value is -1.10. The molecule has 5 heteroatoms. The number of nitrogens with one attached hydrogen (secondary N) is 1. The zero-order chi connectivity index (χ0) is 11.1. The molecular formula is C11H18N4O. The summed E-state index contributed by atoms with van der Waals surface area (Å²) < 4.78 is 5.29. The van der Waals surface area contributed by atoms with Gasteiger partial charge in [-0.15, -0.1) is 0 Å². The minimum atomic E-state index is 0.555. The standard InChI is InChI=1S/C11H18N4O/c1-3-10-9-5-12-4-8(9)6-15(10)11-13-7(2)14-16-11/h8-10,12H,3-6H2,1-2H3. The Bertz CT molecular complexity index is 378. The van der Waals surface area contributed by atoms with Gasteiger partial charge in [0.15, 0.2) is 5.82 Å². The van der Waals surface area contributed by atoms with Gasteiger partial charge in [0.25, 0.3) is 0 Å². The quantitative estimate of drug-likeness (QED) is 0.802. The van der Waals surface area contributed by atoms with Crippen molar-refractivity contribution in [2.75, 3.05) is 24.5 Å². The molecule has 88 valence electrons. The Morgan fingerprint density at radius 2 is 2.38 bits per heavy atom. The zero-order valence-corrected chi connectivity index (χ0v) is 9.81. The van der Waals surface area contributed by atoms with Gasteiger partial charge in [-0.05, 0) is 25.2 Å². The Balaban J connectivity index is 1.85. The summed E-state index contributed by atoms with van der Waals surface area (Å²) >= 11 is 0. The summed E-state index contributed by atoms with van der Waals surface area (Å²) in [5.74, 6) is 2.22. The molecule has 2 saturated heterocycles. The van der Waals surface area contributed by atoms with Crippen LogP contribution < -0.4 is 10.2 Å². The zero-order valence-electron chi connectivity index (χ0n) is 9.81. The summed E-state index contributed by atoms with van der Waals surface area (Å²) in [7, 11) is 0. The van der Waals surface area contributed by atoms with E-state index in [4.69, 9.17) is 4.52 Å². The fraction of sp³-hybridized carbons (Fsp3) is 0.818. The molecule has 0 aromatic carbocycles. The number of anilines is 1. The summed E-state index contributed by atoms with van der Waals surface area (Å²) in [6.45, 7) is 7.42. The first-order chi connectivity index (χ1) is 7.79. The van der Waals surface area contributed by atoms with Crippen molar-refractivity contribution in [1.82, 2.24) is 15.5 Å². The van der Waals surface area contributed by atoms with E-state index in [2.05, 4.69) is 27.3 Å². The SMILES string of the molecule is CCC1C2CNCC2CN1c1nc(C)no1. The predicted octanol–water partition coefficient (Wildman–Crippen LogP) is 0.812. The van der Waals surface area contributed by atoms with Gasteiger partial charge in [-0.3, -0.25) is 0 Å². The van der Waals surface area contributed by atoms with Crippen LogP contribution in [0.1, 0.15) is 19.2 Å². The first-order valence-corrected chi connectivity index (χ1v) is 6.07. The molecule has 0 saturated carbocycles. The van der Waals surface area contributed by atoms with Gasteiger partial charge in [-0.25, -0.2) is 0 Å². The highest BCUT2D eigenvalue weighted by atomic mass is 16.5. The predicted molar refractivity (Wildman–Crippen MR) is 60.3 cm³/mol. The molecule has 0 spiro atoms. The molecule has 3 unspecified atom stereocenters.